The number of guanidine groups is 1. The fourth-order valence-corrected chi connectivity index (χ4v) is 5.08. The number of hydrogen-bond donors (Lipinski definition) is 1. The summed E-state index contributed by atoms with van der Waals surface area (Å²) in [5.74, 6) is 1.99. The van der Waals surface area contributed by atoms with E-state index in [1.165, 1.54) is 38.9 Å². The maximum Gasteiger partial charge on any atom is 0.230 e. The summed E-state index contributed by atoms with van der Waals surface area (Å²) in [5, 5.41) is 3.56. The Kier molecular flexibility index (Phi) is 6.43. The molecule has 26 heavy (non-hydrogen) atoms. The van der Waals surface area contributed by atoms with Crippen molar-refractivity contribution in [2.24, 2.45) is 16.3 Å². The molecule has 2 heterocycles. The molecular formula is C20H37N5O. The Morgan fingerprint density at radius 1 is 1.15 bits per heavy atom. The average molecular weight is 364 g/mol. The molecule has 1 amide bonds. The van der Waals surface area contributed by atoms with Crippen molar-refractivity contribution in [2.45, 2.75) is 44.9 Å². The van der Waals surface area contributed by atoms with E-state index in [4.69, 9.17) is 0 Å². The maximum absolute atomic E-state index is 12.8. The summed E-state index contributed by atoms with van der Waals surface area (Å²) >= 11 is 0. The highest BCUT2D eigenvalue weighted by atomic mass is 16.2. The number of carbonyl (C=O) groups excluding carboxylic acids is 1. The van der Waals surface area contributed by atoms with Crippen molar-refractivity contribution in [1.82, 2.24) is 20.0 Å². The smallest absolute Gasteiger partial charge is 0.230 e. The molecule has 2 aliphatic heterocycles. The normalized spacial score (nSPS) is 26.5. The zero-order valence-electron chi connectivity index (χ0n) is 17.0. The van der Waals surface area contributed by atoms with E-state index in [9.17, 15) is 4.79 Å². The van der Waals surface area contributed by atoms with Crippen molar-refractivity contribution in [3.63, 3.8) is 0 Å². The first-order valence-corrected chi connectivity index (χ1v) is 10.4. The fourth-order valence-electron chi connectivity index (χ4n) is 5.08. The molecule has 6 nitrogen and oxygen atoms in total. The molecule has 1 unspecified atom stereocenters. The molecule has 1 saturated carbocycles. The van der Waals surface area contributed by atoms with Crippen LogP contribution in [0.25, 0.3) is 0 Å². The molecule has 0 bridgehead atoms. The molecule has 0 aromatic heterocycles. The molecule has 1 N–H and O–H groups in total. The number of hydrogen-bond acceptors (Lipinski definition) is 3. The predicted molar refractivity (Wildman–Crippen MR) is 106 cm³/mol. The van der Waals surface area contributed by atoms with Gasteiger partial charge in [-0.05, 0) is 51.1 Å². The van der Waals surface area contributed by atoms with E-state index in [1.54, 1.807) is 4.90 Å². The summed E-state index contributed by atoms with van der Waals surface area (Å²) < 4.78 is 0. The molecule has 0 spiro atoms. The largest absolute Gasteiger partial charge is 0.355 e. The van der Waals surface area contributed by atoms with Gasteiger partial charge in [0.2, 0.25) is 5.91 Å². The SMILES string of the molecule is CN=C(NCC1(C(=O)N(C)C)CCCC1)N1CCC(CN2CCCC2)C1. The van der Waals surface area contributed by atoms with Crippen LogP contribution in [0, 0.1) is 11.3 Å². The minimum absolute atomic E-state index is 0.242. The van der Waals surface area contributed by atoms with Crippen LogP contribution in [-0.2, 0) is 4.79 Å². The van der Waals surface area contributed by atoms with Gasteiger partial charge in [0.15, 0.2) is 5.96 Å². The monoisotopic (exact) mass is 363 g/mol. The average Bonchev–Trinajstić information content (AvgIpc) is 3.38. The summed E-state index contributed by atoms with van der Waals surface area (Å²) in [6.45, 7) is 6.66. The van der Waals surface area contributed by atoms with Crippen LogP contribution in [0.15, 0.2) is 4.99 Å². The molecule has 2 saturated heterocycles. The number of nitrogens with zero attached hydrogens (tertiary/aromatic N) is 4. The number of likely N-dealkylation sites (tertiary alicyclic amines) is 2. The van der Waals surface area contributed by atoms with Crippen molar-refractivity contribution in [2.75, 3.05) is 60.4 Å². The summed E-state index contributed by atoms with van der Waals surface area (Å²) in [7, 11) is 5.62. The van der Waals surface area contributed by atoms with E-state index >= 15 is 0 Å². The van der Waals surface area contributed by atoms with Crippen LogP contribution in [0.2, 0.25) is 0 Å². The Bertz CT molecular complexity index is 506. The first-order chi connectivity index (χ1) is 12.5. The van der Waals surface area contributed by atoms with Crippen LogP contribution in [0.1, 0.15) is 44.9 Å². The summed E-state index contributed by atoms with van der Waals surface area (Å²) in [6, 6.07) is 0. The standard InChI is InChI=1S/C20H37N5O/c1-21-19(22-16-20(9-4-5-10-20)18(26)23(2)3)25-13-8-17(15-25)14-24-11-6-7-12-24/h17H,4-16H2,1-3H3,(H,21,22). The molecule has 6 heteroatoms. The quantitative estimate of drug-likeness (QED) is 0.596. The Labute approximate surface area is 159 Å². The Hall–Kier alpha value is -1.30. The zero-order valence-corrected chi connectivity index (χ0v) is 17.0. The molecular weight excluding hydrogens is 326 g/mol. The lowest BCUT2D eigenvalue weighted by Gasteiger charge is -2.32. The van der Waals surface area contributed by atoms with Crippen LogP contribution in [0.5, 0.6) is 0 Å². The molecule has 0 aromatic carbocycles. The van der Waals surface area contributed by atoms with Crippen molar-refractivity contribution in [1.29, 1.82) is 0 Å². The lowest BCUT2D eigenvalue weighted by molar-refractivity contribution is -0.138. The third-order valence-corrected chi connectivity index (χ3v) is 6.52. The van der Waals surface area contributed by atoms with Gasteiger partial charge < -0.3 is 20.0 Å². The lowest BCUT2D eigenvalue weighted by Crippen LogP contribution is -2.50. The second kappa shape index (κ2) is 8.59. The van der Waals surface area contributed by atoms with Gasteiger partial charge in [-0.3, -0.25) is 9.79 Å². The Balaban J connectivity index is 1.53. The number of rotatable bonds is 5. The second-order valence-electron chi connectivity index (χ2n) is 8.70. The Morgan fingerprint density at radius 3 is 2.46 bits per heavy atom. The van der Waals surface area contributed by atoms with Crippen molar-refractivity contribution in [3.05, 3.63) is 0 Å². The van der Waals surface area contributed by atoms with Gasteiger partial charge in [-0.25, -0.2) is 0 Å². The van der Waals surface area contributed by atoms with E-state index in [2.05, 4.69) is 20.1 Å². The number of carbonyl (C=O) groups is 1. The number of aliphatic imine (C=N–C) groups is 1. The molecule has 1 atom stereocenters. The van der Waals surface area contributed by atoms with Gasteiger partial charge in [0.25, 0.3) is 0 Å². The number of amides is 1. The second-order valence-corrected chi connectivity index (χ2v) is 8.70. The first kappa shape index (κ1) is 19.5. The van der Waals surface area contributed by atoms with Crippen molar-refractivity contribution < 1.29 is 4.79 Å². The van der Waals surface area contributed by atoms with Gasteiger partial charge in [-0.15, -0.1) is 0 Å². The van der Waals surface area contributed by atoms with Crippen LogP contribution in [-0.4, -0.2) is 87.0 Å². The van der Waals surface area contributed by atoms with Gasteiger partial charge in [-0.2, -0.15) is 0 Å². The summed E-state index contributed by atoms with van der Waals surface area (Å²) in [4.78, 5) is 24.1. The Morgan fingerprint density at radius 2 is 1.85 bits per heavy atom. The molecule has 0 aromatic rings. The summed E-state index contributed by atoms with van der Waals surface area (Å²) in [6.07, 6.45) is 8.27. The molecule has 3 fully saturated rings. The van der Waals surface area contributed by atoms with Gasteiger partial charge in [-0.1, -0.05) is 12.8 Å². The van der Waals surface area contributed by atoms with Crippen LogP contribution >= 0.6 is 0 Å². The molecule has 3 aliphatic rings. The fraction of sp³-hybridized carbons (Fsp3) is 0.900. The van der Waals surface area contributed by atoms with E-state index in [0.29, 0.717) is 6.54 Å². The minimum atomic E-state index is -0.242. The third-order valence-electron chi connectivity index (χ3n) is 6.52. The van der Waals surface area contributed by atoms with Crippen molar-refractivity contribution in [3.8, 4) is 0 Å². The van der Waals surface area contributed by atoms with Crippen LogP contribution < -0.4 is 5.32 Å². The van der Waals surface area contributed by atoms with E-state index in [0.717, 1.165) is 50.7 Å². The maximum atomic E-state index is 12.8. The van der Waals surface area contributed by atoms with E-state index < -0.39 is 0 Å². The molecule has 3 rings (SSSR count). The highest BCUT2D eigenvalue weighted by Crippen LogP contribution is 2.39. The molecule has 0 radical (unpaired) electrons. The first-order valence-electron chi connectivity index (χ1n) is 10.4. The van der Waals surface area contributed by atoms with E-state index in [1.807, 2.05) is 21.1 Å². The highest BCUT2D eigenvalue weighted by Gasteiger charge is 2.42. The number of nitrogens with one attached hydrogen (secondary N) is 1. The van der Waals surface area contributed by atoms with E-state index in [-0.39, 0.29) is 11.3 Å². The van der Waals surface area contributed by atoms with Gasteiger partial charge in [0.1, 0.15) is 0 Å². The minimum Gasteiger partial charge on any atom is -0.355 e. The molecule has 1 aliphatic carbocycles. The van der Waals surface area contributed by atoms with Crippen molar-refractivity contribution >= 4 is 11.9 Å². The predicted octanol–water partition coefficient (Wildman–Crippen LogP) is 1.63. The highest BCUT2D eigenvalue weighted by molar-refractivity contribution is 5.85. The molecule has 148 valence electrons. The topological polar surface area (TPSA) is 51.2 Å². The van der Waals surface area contributed by atoms with Crippen LogP contribution in [0.4, 0.5) is 0 Å². The van der Waals surface area contributed by atoms with Gasteiger partial charge in [0.05, 0.1) is 5.41 Å². The lowest BCUT2D eigenvalue weighted by atomic mass is 9.84. The zero-order chi connectivity index (χ0) is 18.6. The third kappa shape index (κ3) is 4.33. The van der Waals surface area contributed by atoms with Gasteiger partial charge in [0, 0.05) is 47.3 Å². The summed E-state index contributed by atoms with van der Waals surface area (Å²) in [5.41, 5.74) is -0.242. The van der Waals surface area contributed by atoms with Gasteiger partial charge >= 0.3 is 0 Å². The van der Waals surface area contributed by atoms with Crippen LogP contribution in [0.3, 0.4) is 0 Å².